The van der Waals surface area contributed by atoms with Crippen LogP contribution in [0.15, 0.2) is 24.4 Å². The number of methoxy groups -OCH3 is 1. The van der Waals surface area contributed by atoms with Gasteiger partial charge in [0.05, 0.1) is 7.11 Å². The Morgan fingerprint density at radius 1 is 1.59 bits per heavy atom. The summed E-state index contributed by atoms with van der Waals surface area (Å²) in [6.45, 7) is 0. The monoisotopic (exact) mass is 269 g/mol. The van der Waals surface area contributed by atoms with E-state index < -0.39 is 5.97 Å². The van der Waals surface area contributed by atoms with E-state index in [1.807, 2.05) is 0 Å². The molecule has 0 saturated carbocycles. The molecule has 0 fully saturated rings. The van der Waals surface area contributed by atoms with Gasteiger partial charge in [-0.1, -0.05) is 29.9 Å². The lowest BCUT2D eigenvalue weighted by atomic mass is 10.4. The maximum Gasteiger partial charge on any atom is 0.342 e. The molecular formula is C10H8ClN3O2S. The molecule has 0 atom stereocenters. The normalized spacial score (nSPS) is 10.2. The van der Waals surface area contributed by atoms with Crippen LogP contribution in [0.2, 0.25) is 5.15 Å². The minimum atomic E-state index is -0.493. The average molecular weight is 270 g/mol. The molecule has 0 spiro atoms. The van der Waals surface area contributed by atoms with Gasteiger partial charge in [0.2, 0.25) is 0 Å². The van der Waals surface area contributed by atoms with Crippen molar-refractivity contribution in [3.63, 3.8) is 0 Å². The van der Waals surface area contributed by atoms with Gasteiger partial charge in [-0.25, -0.2) is 14.5 Å². The minimum absolute atomic E-state index is 0.282. The van der Waals surface area contributed by atoms with Crippen LogP contribution in [-0.2, 0) is 4.74 Å². The summed E-state index contributed by atoms with van der Waals surface area (Å²) in [5.74, 6) is 0.0182. The third-order valence-corrected chi connectivity index (χ3v) is 2.72. The van der Waals surface area contributed by atoms with Crippen molar-refractivity contribution in [2.45, 2.75) is 0 Å². The van der Waals surface area contributed by atoms with Gasteiger partial charge in [0.25, 0.3) is 0 Å². The Hall–Kier alpha value is -1.66. The highest BCUT2D eigenvalue weighted by Gasteiger charge is 2.13. The van der Waals surface area contributed by atoms with Gasteiger partial charge in [0, 0.05) is 6.20 Å². The molecular weight excluding hydrogens is 262 g/mol. The van der Waals surface area contributed by atoms with Gasteiger partial charge in [-0.3, -0.25) is 5.10 Å². The van der Waals surface area contributed by atoms with E-state index in [1.54, 1.807) is 18.2 Å². The van der Waals surface area contributed by atoms with Crippen LogP contribution in [0.25, 0.3) is 5.82 Å². The molecule has 88 valence electrons. The zero-order valence-electron chi connectivity index (χ0n) is 8.81. The van der Waals surface area contributed by atoms with E-state index in [1.165, 1.54) is 18.0 Å². The number of aromatic amines is 1. The highest BCUT2D eigenvalue weighted by Crippen LogP contribution is 2.12. The van der Waals surface area contributed by atoms with Crippen molar-refractivity contribution >= 4 is 29.8 Å². The molecule has 0 bridgehead atoms. The summed E-state index contributed by atoms with van der Waals surface area (Å²) in [5.41, 5.74) is 0.282. The summed E-state index contributed by atoms with van der Waals surface area (Å²) in [4.78, 5) is 15.5. The third kappa shape index (κ3) is 2.22. The Balaban J connectivity index is 2.52. The molecule has 0 aliphatic carbocycles. The zero-order chi connectivity index (χ0) is 12.4. The molecule has 5 nitrogen and oxygen atoms in total. The second-order valence-corrected chi connectivity index (χ2v) is 3.91. The molecule has 17 heavy (non-hydrogen) atoms. The molecule has 0 aliphatic heterocycles. The van der Waals surface area contributed by atoms with Gasteiger partial charge in [-0.15, -0.1) is 0 Å². The van der Waals surface area contributed by atoms with E-state index in [4.69, 9.17) is 23.8 Å². The third-order valence-electron chi connectivity index (χ3n) is 2.11. The molecule has 2 heterocycles. The number of pyridine rings is 1. The number of carbonyl (C=O) groups is 1. The van der Waals surface area contributed by atoms with Gasteiger partial charge in [-0.2, -0.15) is 0 Å². The number of hydrogen-bond donors (Lipinski definition) is 1. The largest absolute Gasteiger partial charge is 0.465 e. The van der Waals surface area contributed by atoms with E-state index in [-0.39, 0.29) is 5.56 Å². The molecule has 2 aromatic rings. The number of ether oxygens (including phenoxy) is 1. The van der Waals surface area contributed by atoms with Crippen molar-refractivity contribution in [3.05, 3.63) is 39.8 Å². The summed E-state index contributed by atoms with van der Waals surface area (Å²) < 4.78 is 6.38. The number of esters is 1. The molecule has 0 aromatic carbocycles. The second kappa shape index (κ2) is 4.68. The maximum absolute atomic E-state index is 11.4. The van der Waals surface area contributed by atoms with Crippen LogP contribution in [-0.4, -0.2) is 27.8 Å². The second-order valence-electron chi connectivity index (χ2n) is 3.14. The van der Waals surface area contributed by atoms with Gasteiger partial charge >= 0.3 is 5.97 Å². The van der Waals surface area contributed by atoms with Gasteiger partial charge in [-0.05, 0) is 12.1 Å². The van der Waals surface area contributed by atoms with E-state index >= 15 is 0 Å². The number of carbonyl (C=O) groups excluding carboxylic acids is 1. The Morgan fingerprint density at radius 3 is 3.00 bits per heavy atom. The van der Waals surface area contributed by atoms with Crippen molar-refractivity contribution in [1.82, 2.24) is 14.8 Å². The molecule has 0 unspecified atom stereocenters. The Kier molecular flexibility index (Phi) is 3.26. The van der Waals surface area contributed by atoms with Crippen LogP contribution in [0.3, 0.4) is 0 Å². The van der Waals surface area contributed by atoms with Crippen LogP contribution in [0.1, 0.15) is 10.4 Å². The molecule has 0 radical (unpaired) electrons. The number of halogens is 1. The first-order valence-corrected chi connectivity index (χ1v) is 5.44. The first-order chi connectivity index (χ1) is 8.13. The highest BCUT2D eigenvalue weighted by molar-refractivity contribution is 7.71. The van der Waals surface area contributed by atoms with Crippen molar-refractivity contribution in [2.75, 3.05) is 7.11 Å². The van der Waals surface area contributed by atoms with Crippen molar-refractivity contribution in [3.8, 4) is 5.82 Å². The summed E-state index contributed by atoms with van der Waals surface area (Å²) in [7, 11) is 1.30. The lowest BCUT2D eigenvalue weighted by molar-refractivity contribution is 0.0600. The predicted octanol–water partition coefficient (Wildman–Crippen LogP) is 2.37. The summed E-state index contributed by atoms with van der Waals surface area (Å²) in [6.07, 6.45) is 1.47. The number of nitrogens with zero attached hydrogens (tertiary/aromatic N) is 2. The molecule has 2 rings (SSSR count). The van der Waals surface area contributed by atoms with E-state index in [9.17, 15) is 4.79 Å². The van der Waals surface area contributed by atoms with Crippen LogP contribution in [0.4, 0.5) is 0 Å². The van der Waals surface area contributed by atoms with E-state index in [2.05, 4.69) is 14.8 Å². The Labute approximate surface area is 107 Å². The SMILES string of the molecule is COC(=O)c1c[nH]n(-c2cccc(Cl)n2)c1=S. The molecule has 1 N–H and O–H groups in total. The molecule has 0 aliphatic rings. The first kappa shape index (κ1) is 11.8. The molecule has 2 aromatic heterocycles. The summed E-state index contributed by atoms with van der Waals surface area (Å²) >= 11 is 10.9. The number of aromatic nitrogens is 3. The molecule has 0 amide bonds. The summed E-state index contributed by atoms with van der Waals surface area (Å²) in [6, 6.07) is 5.11. The van der Waals surface area contributed by atoms with Crippen molar-refractivity contribution in [2.24, 2.45) is 0 Å². The lowest BCUT2D eigenvalue weighted by Crippen LogP contribution is -2.02. The van der Waals surface area contributed by atoms with Crippen molar-refractivity contribution in [1.29, 1.82) is 0 Å². The van der Waals surface area contributed by atoms with Crippen molar-refractivity contribution < 1.29 is 9.53 Å². The fourth-order valence-electron chi connectivity index (χ4n) is 1.32. The first-order valence-electron chi connectivity index (χ1n) is 4.65. The predicted molar refractivity (Wildman–Crippen MR) is 65.1 cm³/mol. The zero-order valence-corrected chi connectivity index (χ0v) is 10.4. The van der Waals surface area contributed by atoms with E-state index in [0.717, 1.165) is 0 Å². The van der Waals surface area contributed by atoms with Crippen LogP contribution < -0.4 is 0 Å². The fourth-order valence-corrected chi connectivity index (χ4v) is 1.77. The minimum Gasteiger partial charge on any atom is -0.465 e. The fraction of sp³-hybridized carbons (Fsp3) is 0.100. The van der Waals surface area contributed by atoms with E-state index in [0.29, 0.717) is 15.6 Å². The molecule has 7 heteroatoms. The quantitative estimate of drug-likeness (QED) is 0.517. The number of rotatable bonds is 2. The average Bonchev–Trinajstić information content (AvgIpc) is 2.70. The smallest absolute Gasteiger partial charge is 0.342 e. The topological polar surface area (TPSA) is 59.9 Å². The number of nitrogens with one attached hydrogen (secondary N) is 1. The Morgan fingerprint density at radius 2 is 2.35 bits per heavy atom. The molecule has 0 saturated heterocycles. The highest BCUT2D eigenvalue weighted by atomic mass is 35.5. The number of H-pyrrole nitrogens is 1. The van der Waals surface area contributed by atoms with Crippen LogP contribution >= 0.6 is 23.8 Å². The maximum atomic E-state index is 11.4. The Bertz CT molecular complexity index is 620. The number of hydrogen-bond acceptors (Lipinski definition) is 4. The standard InChI is InChI=1S/C10H8ClN3O2S/c1-16-10(15)6-5-12-14(9(6)17)8-4-2-3-7(11)13-8/h2-5,12H,1H3. The van der Waals surface area contributed by atoms with Crippen LogP contribution in [0.5, 0.6) is 0 Å². The lowest BCUT2D eigenvalue weighted by Gasteiger charge is -2.01. The summed E-state index contributed by atoms with van der Waals surface area (Å²) in [5, 5.41) is 3.17. The van der Waals surface area contributed by atoms with Gasteiger partial charge in [0.1, 0.15) is 15.4 Å². The van der Waals surface area contributed by atoms with Gasteiger partial charge in [0.15, 0.2) is 5.82 Å². The van der Waals surface area contributed by atoms with Gasteiger partial charge < -0.3 is 4.74 Å². The van der Waals surface area contributed by atoms with Crippen LogP contribution in [0, 0.1) is 4.64 Å².